The molecule has 0 atom stereocenters. The lowest BCUT2D eigenvalue weighted by atomic mass is 9.89. The first-order valence-electron chi connectivity index (χ1n) is 13.1. The van der Waals surface area contributed by atoms with E-state index in [0.29, 0.717) is 12.8 Å². The molecule has 4 rings (SSSR count). The third kappa shape index (κ3) is 8.02. The Bertz CT molecular complexity index is 2210. The van der Waals surface area contributed by atoms with Crippen molar-refractivity contribution in [2.45, 2.75) is 23.6 Å². The number of benzene rings is 3. The van der Waals surface area contributed by atoms with E-state index in [1.54, 1.807) is 32.8 Å². The van der Waals surface area contributed by atoms with Crippen molar-refractivity contribution in [3.63, 3.8) is 0 Å². The Kier molecular flexibility index (Phi) is 10.6. The highest BCUT2D eigenvalue weighted by molar-refractivity contribution is 7.86. The third-order valence-corrected chi connectivity index (χ3v) is 9.12. The average molecular weight is 698 g/mol. The van der Waals surface area contributed by atoms with Gasteiger partial charge in [-0.2, -0.15) is 25.3 Å². The van der Waals surface area contributed by atoms with Gasteiger partial charge >= 0.3 is 0 Å². The molecular weight excluding hydrogens is 667 g/mol. The first-order chi connectivity index (χ1) is 21.1. The number of hydrogen-bond acceptors (Lipinski definition) is 12. The largest absolute Gasteiger partial charge is 0.453 e. The number of rotatable bonds is 9. The fraction of sp³-hybridized carbons (Fsp3) is 0.250. The van der Waals surface area contributed by atoms with Gasteiger partial charge in [0.05, 0.1) is 16.8 Å². The highest BCUT2D eigenvalue weighted by Crippen LogP contribution is 2.45. The number of nitrogens with zero attached hydrogens (tertiary/aromatic N) is 1. The molecule has 0 spiro atoms. The number of anilines is 1. The second kappa shape index (κ2) is 13.4. The number of nitrogens with one attached hydrogen (secondary N) is 1. The van der Waals surface area contributed by atoms with Crippen LogP contribution in [0.4, 0.5) is 5.69 Å². The van der Waals surface area contributed by atoms with E-state index in [1.165, 1.54) is 36.4 Å². The van der Waals surface area contributed by atoms with E-state index in [4.69, 9.17) is 20.1 Å². The van der Waals surface area contributed by atoms with Gasteiger partial charge in [0.2, 0.25) is 0 Å². The van der Waals surface area contributed by atoms with Crippen LogP contribution in [0.25, 0.3) is 33.4 Å². The summed E-state index contributed by atoms with van der Waals surface area (Å²) in [6.45, 7) is 3.74. The molecule has 46 heavy (non-hydrogen) atoms. The summed E-state index contributed by atoms with van der Waals surface area (Å²) in [5.74, 6) is -1.40. The van der Waals surface area contributed by atoms with Crippen LogP contribution in [0.1, 0.15) is 34.6 Å². The molecule has 0 saturated carbocycles. The zero-order valence-corrected chi connectivity index (χ0v) is 27.3. The monoisotopic (exact) mass is 697 g/mol. The molecule has 2 aromatic carbocycles. The van der Waals surface area contributed by atoms with Gasteiger partial charge < -0.3 is 15.1 Å². The summed E-state index contributed by atoms with van der Waals surface area (Å²) in [5.41, 5.74) is 5.29. The van der Waals surface area contributed by atoms with Crippen molar-refractivity contribution in [2.75, 3.05) is 32.1 Å². The quantitative estimate of drug-likeness (QED) is 0.0554. The molecule has 1 heterocycles. The number of carbonyl (C=O) groups is 2. The first-order valence-corrected chi connectivity index (χ1v) is 17.6. The maximum Gasteiger partial charge on any atom is 0.300 e. The molecule has 1 aliphatic carbocycles. The van der Waals surface area contributed by atoms with Crippen LogP contribution < -0.4 is 11.1 Å². The molecule has 0 amide bonds. The van der Waals surface area contributed by atoms with Gasteiger partial charge in [0.25, 0.3) is 30.4 Å². The van der Waals surface area contributed by atoms with E-state index < -0.39 is 62.5 Å². The van der Waals surface area contributed by atoms with Crippen LogP contribution in [-0.2, 0) is 30.4 Å². The molecule has 18 heteroatoms. The molecule has 2 aliphatic rings. The molecule has 15 nitrogen and oxygen atoms in total. The zero-order valence-electron chi connectivity index (χ0n) is 24.9. The van der Waals surface area contributed by atoms with E-state index in [0.717, 1.165) is 6.07 Å². The van der Waals surface area contributed by atoms with E-state index in [2.05, 4.69) is 0 Å². The normalized spacial score (nSPS) is 12.4. The molecular formula is C28H31N3O12S3. The molecule has 0 bridgehead atoms. The highest BCUT2D eigenvalue weighted by atomic mass is 32.2. The van der Waals surface area contributed by atoms with Gasteiger partial charge in [-0.15, -0.1) is 0 Å². The van der Waals surface area contributed by atoms with Crippen molar-refractivity contribution in [1.82, 2.24) is 4.90 Å². The van der Waals surface area contributed by atoms with E-state index in [9.17, 15) is 43.9 Å². The number of nitrogens with two attached hydrogens (primary N) is 1. The Morgan fingerprint density at radius 2 is 1.52 bits per heavy atom. The lowest BCUT2D eigenvalue weighted by Gasteiger charge is -2.20. The van der Waals surface area contributed by atoms with Crippen molar-refractivity contribution < 1.29 is 52.9 Å². The zero-order chi connectivity index (χ0) is 34.9. The number of Topliss-reactive ketones (excluding diaryl/α,β-unsaturated/α-hetero) is 1. The Labute approximate surface area is 264 Å². The topological polar surface area (TPSA) is 264 Å². The summed E-state index contributed by atoms with van der Waals surface area (Å²) < 4.78 is 103. The van der Waals surface area contributed by atoms with Crippen molar-refractivity contribution >= 4 is 59.1 Å². The lowest BCUT2D eigenvalue weighted by molar-refractivity contribution is 0.0939. The maximum atomic E-state index is 12.5. The lowest BCUT2D eigenvalue weighted by Crippen LogP contribution is -2.21. The summed E-state index contributed by atoms with van der Waals surface area (Å²) in [4.78, 5) is 24.5. The maximum absolute atomic E-state index is 12.5. The third-order valence-electron chi connectivity index (χ3n) is 6.57. The number of nitrogen functional groups attached to an aromatic ring is 1. The van der Waals surface area contributed by atoms with Crippen LogP contribution in [0, 0.1) is 11.3 Å². The molecule has 248 valence electrons. The minimum Gasteiger partial charge on any atom is -0.453 e. The van der Waals surface area contributed by atoms with Gasteiger partial charge in [-0.1, -0.05) is 26.0 Å². The van der Waals surface area contributed by atoms with Gasteiger partial charge in [0.15, 0.2) is 33.2 Å². The van der Waals surface area contributed by atoms with Gasteiger partial charge in [0.1, 0.15) is 0 Å². The molecule has 0 fully saturated rings. The van der Waals surface area contributed by atoms with Crippen molar-refractivity contribution in [2.24, 2.45) is 5.92 Å². The van der Waals surface area contributed by atoms with Gasteiger partial charge in [-0.25, -0.2) is 0 Å². The van der Waals surface area contributed by atoms with Crippen LogP contribution in [0.15, 0.2) is 56.7 Å². The Balaban J connectivity index is 0.000000559. The Morgan fingerprint density at radius 3 is 2.00 bits per heavy atom. The van der Waals surface area contributed by atoms with Crippen molar-refractivity contribution in [3.8, 4) is 22.5 Å². The molecule has 0 radical (unpaired) electrons. The number of hydrogen-bond donors (Lipinski definition) is 5. The molecule has 0 saturated heterocycles. The Morgan fingerprint density at radius 1 is 0.935 bits per heavy atom. The molecule has 0 unspecified atom stereocenters. The van der Waals surface area contributed by atoms with E-state index >= 15 is 0 Å². The minimum atomic E-state index is -5.07. The number of fused-ring (bicyclic) bond motifs is 2. The first kappa shape index (κ1) is 36.4. The van der Waals surface area contributed by atoms with Crippen molar-refractivity contribution in [3.05, 3.63) is 58.9 Å². The predicted octanol–water partition coefficient (Wildman–Crippen LogP) is 2.85. The minimum absolute atomic E-state index is 0.00628. The van der Waals surface area contributed by atoms with Crippen LogP contribution in [0.3, 0.4) is 0 Å². The highest BCUT2D eigenvalue weighted by Gasteiger charge is 2.31. The average Bonchev–Trinajstić information content (AvgIpc) is 2.92. The molecule has 0 aromatic heterocycles. The van der Waals surface area contributed by atoms with Gasteiger partial charge in [-0.3, -0.25) is 28.7 Å². The number of carbonyl (C=O) groups excluding carboxylic acids is 2. The molecule has 6 N–H and O–H groups in total. The summed E-state index contributed by atoms with van der Waals surface area (Å²) in [6.07, 6.45) is 0.470. The van der Waals surface area contributed by atoms with E-state index in [1.807, 2.05) is 0 Å². The Hall–Kier alpha value is -4.04. The second-order valence-corrected chi connectivity index (χ2v) is 14.9. The van der Waals surface area contributed by atoms with Crippen molar-refractivity contribution in [1.29, 1.82) is 5.41 Å². The number of aldehydes is 1. The smallest absolute Gasteiger partial charge is 0.300 e. The van der Waals surface area contributed by atoms with Crippen LogP contribution in [-0.4, -0.2) is 82.3 Å². The van der Waals surface area contributed by atoms with Crippen LogP contribution in [0.2, 0.25) is 0 Å². The number of ketones is 1. The molecule has 1 aliphatic heterocycles. The van der Waals surface area contributed by atoms with E-state index in [-0.39, 0.29) is 50.7 Å². The van der Waals surface area contributed by atoms with Gasteiger partial charge in [-0.05, 0) is 50.0 Å². The van der Waals surface area contributed by atoms with Crippen LogP contribution in [0.5, 0.6) is 0 Å². The fourth-order valence-electron chi connectivity index (χ4n) is 4.47. The predicted molar refractivity (Wildman–Crippen MR) is 168 cm³/mol. The summed E-state index contributed by atoms with van der Waals surface area (Å²) in [7, 11) is -10.4. The van der Waals surface area contributed by atoms with Crippen LogP contribution >= 0.6 is 0 Å². The fourth-order valence-corrected chi connectivity index (χ4v) is 6.55. The summed E-state index contributed by atoms with van der Waals surface area (Å²) >= 11 is 0. The standard InChI is InChI=1S/C24H20N2O9S2.C4H11NO3S/c1-11(2)20(28)12-3-4-14(13(9-12)10-27)19-15-5-7-17(25)23(36(29,30)31)21(15)35-22-16(19)6-8-18(26)24(22)37(32,33)34;1-5(2)3-4-9(6,7)8/h3-11,25H,26H2,1-2H3,(H,29,30,31)(H,32,33,34);3-4H2,1-2H3,(H,6,7,8). The summed E-state index contributed by atoms with van der Waals surface area (Å²) in [6, 6.07) is 9.13. The summed E-state index contributed by atoms with van der Waals surface area (Å²) in [5, 5.41) is 7.37. The second-order valence-electron chi connectivity index (χ2n) is 10.6. The molecule has 2 aromatic rings. The SMILES string of the molecule is CC(C)C(=O)c1ccc(-c2c3ccc(=N)c(S(=O)(=O)O)c-3oc3c(S(=O)(=O)O)c(N)ccc23)c(C=O)c1.CN(C)CCS(=O)(=O)O. The van der Waals surface area contributed by atoms with Gasteiger partial charge in [0, 0.05) is 40.1 Å².